The molecule has 2 aliphatic rings. The number of aromatic nitrogens is 2. The molecule has 0 aliphatic heterocycles. The molecule has 1 aromatic carbocycles. The van der Waals surface area contributed by atoms with Gasteiger partial charge in [-0.3, -0.25) is 0 Å². The van der Waals surface area contributed by atoms with Gasteiger partial charge in [0.15, 0.2) is 0 Å². The molecule has 1 aromatic heterocycles. The Morgan fingerprint density at radius 1 is 1.38 bits per heavy atom. The van der Waals surface area contributed by atoms with Crippen molar-refractivity contribution in [1.82, 2.24) is 15.3 Å². The smallest absolute Gasteiger partial charge is 0.107 e. The molecule has 1 heterocycles. The zero-order chi connectivity index (χ0) is 14.2. The lowest BCUT2D eigenvalue weighted by Gasteiger charge is -2.17. The van der Waals surface area contributed by atoms with Gasteiger partial charge in [0.1, 0.15) is 5.82 Å². The molecule has 1 saturated carbocycles. The van der Waals surface area contributed by atoms with E-state index in [2.05, 4.69) is 46.5 Å². The Balaban J connectivity index is 1.56. The second-order valence-corrected chi connectivity index (χ2v) is 6.41. The summed E-state index contributed by atoms with van der Waals surface area (Å²) in [5, 5.41) is 3.71. The van der Waals surface area contributed by atoms with Gasteiger partial charge in [0.25, 0.3) is 0 Å². The summed E-state index contributed by atoms with van der Waals surface area (Å²) < 4.78 is 0. The normalized spacial score (nSPS) is 27.8. The molecule has 2 N–H and O–H groups in total. The van der Waals surface area contributed by atoms with Crippen LogP contribution in [0.1, 0.15) is 36.2 Å². The summed E-state index contributed by atoms with van der Waals surface area (Å²) in [6.45, 7) is 3.23. The number of benzene rings is 1. The molecule has 0 spiro atoms. The summed E-state index contributed by atoms with van der Waals surface area (Å²) in [5.41, 5.74) is 3.19. The van der Waals surface area contributed by atoms with Gasteiger partial charge in [0.05, 0.1) is 0 Å². The molecule has 0 saturated heterocycles. The summed E-state index contributed by atoms with van der Waals surface area (Å²) in [7, 11) is 0. The van der Waals surface area contributed by atoms with Crippen molar-refractivity contribution in [1.29, 1.82) is 0 Å². The Morgan fingerprint density at radius 3 is 3.10 bits per heavy atom. The number of imidazole rings is 1. The molecule has 0 bridgehead atoms. The van der Waals surface area contributed by atoms with E-state index >= 15 is 0 Å². The zero-order valence-corrected chi connectivity index (χ0v) is 12.5. The standard InChI is InChI=1S/C18H23N3/c1-2-19-15(11-16-20-9-10-21-16)18-14-8-7-12-5-3-4-6-13(12)17(14)18/h3-6,9-10,14-15,17-19H,2,7-8,11H2,1H3,(H,20,21). The number of H-pyrrole nitrogens is 1. The van der Waals surface area contributed by atoms with Crippen LogP contribution in [0.15, 0.2) is 36.7 Å². The first-order valence-corrected chi connectivity index (χ1v) is 8.18. The largest absolute Gasteiger partial charge is 0.349 e. The third-order valence-electron chi connectivity index (χ3n) is 5.29. The van der Waals surface area contributed by atoms with E-state index < -0.39 is 0 Å². The highest BCUT2D eigenvalue weighted by atomic mass is 15.0. The third kappa shape index (κ3) is 2.30. The van der Waals surface area contributed by atoms with Gasteiger partial charge in [-0.05, 0) is 48.3 Å². The van der Waals surface area contributed by atoms with E-state index in [1.807, 2.05) is 12.4 Å². The van der Waals surface area contributed by atoms with Crippen LogP contribution in [0, 0.1) is 11.8 Å². The Kier molecular flexibility index (Phi) is 3.30. The Labute approximate surface area is 126 Å². The molecule has 110 valence electrons. The van der Waals surface area contributed by atoms with E-state index in [4.69, 9.17) is 0 Å². The minimum atomic E-state index is 0.544. The van der Waals surface area contributed by atoms with Gasteiger partial charge in [0.2, 0.25) is 0 Å². The van der Waals surface area contributed by atoms with Crippen LogP contribution in [-0.4, -0.2) is 22.6 Å². The Hall–Kier alpha value is -1.61. The fraction of sp³-hybridized carbons (Fsp3) is 0.500. The van der Waals surface area contributed by atoms with E-state index in [1.165, 1.54) is 12.8 Å². The van der Waals surface area contributed by atoms with Crippen LogP contribution < -0.4 is 5.32 Å². The fourth-order valence-corrected chi connectivity index (χ4v) is 4.39. The zero-order valence-electron chi connectivity index (χ0n) is 12.5. The van der Waals surface area contributed by atoms with Gasteiger partial charge in [-0.25, -0.2) is 4.98 Å². The summed E-state index contributed by atoms with van der Waals surface area (Å²) in [5.74, 6) is 3.53. The maximum absolute atomic E-state index is 4.41. The van der Waals surface area contributed by atoms with Crippen molar-refractivity contribution < 1.29 is 0 Å². The number of fused-ring (bicyclic) bond motifs is 3. The molecule has 21 heavy (non-hydrogen) atoms. The quantitative estimate of drug-likeness (QED) is 0.884. The minimum Gasteiger partial charge on any atom is -0.349 e. The van der Waals surface area contributed by atoms with Gasteiger partial charge in [-0.15, -0.1) is 0 Å². The summed E-state index contributed by atoms with van der Waals surface area (Å²) in [4.78, 5) is 7.67. The second-order valence-electron chi connectivity index (χ2n) is 6.41. The molecule has 0 amide bonds. The average Bonchev–Trinajstić information content (AvgIpc) is 3.04. The molecule has 2 aromatic rings. The molecular weight excluding hydrogens is 258 g/mol. The van der Waals surface area contributed by atoms with Crippen molar-refractivity contribution in [2.24, 2.45) is 11.8 Å². The van der Waals surface area contributed by atoms with Crippen molar-refractivity contribution >= 4 is 0 Å². The Bertz CT molecular complexity index is 605. The van der Waals surface area contributed by atoms with E-state index in [9.17, 15) is 0 Å². The number of likely N-dealkylation sites (N-methyl/N-ethyl adjacent to an activating group) is 1. The topological polar surface area (TPSA) is 40.7 Å². The highest BCUT2D eigenvalue weighted by molar-refractivity contribution is 5.40. The number of rotatable bonds is 5. The van der Waals surface area contributed by atoms with E-state index in [0.29, 0.717) is 6.04 Å². The molecule has 1 fully saturated rings. The highest BCUT2D eigenvalue weighted by Crippen LogP contribution is 2.61. The maximum Gasteiger partial charge on any atom is 0.107 e. The van der Waals surface area contributed by atoms with E-state index in [0.717, 1.165) is 36.5 Å². The SMILES string of the molecule is CCNC(Cc1ncc[nH]1)C1C2CCc3ccccc3C21. The van der Waals surface area contributed by atoms with Gasteiger partial charge >= 0.3 is 0 Å². The lowest BCUT2D eigenvalue weighted by Crippen LogP contribution is -2.34. The number of nitrogens with one attached hydrogen (secondary N) is 2. The molecule has 0 radical (unpaired) electrons. The van der Waals surface area contributed by atoms with Gasteiger partial charge in [-0.1, -0.05) is 31.2 Å². The molecular formula is C18H23N3. The number of hydrogen-bond acceptors (Lipinski definition) is 2. The summed E-state index contributed by atoms with van der Waals surface area (Å²) in [6.07, 6.45) is 7.40. The van der Waals surface area contributed by atoms with Crippen molar-refractivity contribution in [3.05, 3.63) is 53.6 Å². The highest BCUT2D eigenvalue weighted by Gasteiger charge is 2.55. The van der Waals surface area contributed by atoms with E-state index in [-0.39, 0.29) is 0 Å². The van der Waals surface area contributed by atoms with Crippen LogP contribution in [0.25, 0.3) is 0 Å². The van der Waals surface area contributed by atoms with Crippen LogP contribution in [-0.2, 0) is 12.8 Å². The monoisotopic (exact) mass is 281 g/mol. The Morgan fingerprint density at radius 2 is 2.29 bits per heavy atom. The van der Waals surface area contributed by atoms with Crippen molar-refractivity contribution in [3.63, 3.8) is 0 Å². The van der Waals surface area contributed by atoms with Crippen LogP contribution in [0.2, 0.25) is 0 Å². The number of hydrogen-bond donors (Lipinski definition) is 2. The fourth-order valence-electron chi connectivity index (χ4n) is 4.39. The van der Waals surface area contributed by atoms with Crippen molar-refractivity contribution in [3.8, 4) is 0 Å². The number of aryl methyl sites for hydroxylation is 1. The maximum atomic E-state index is 4.41. The van der Waals surface area contributed by atoms with Crippen LogP contribution in [0.4, 0.5) is 0 Å². The molecule has 2 aliphatic carbocycles. The predicted octanol–water partition coefficient (Wildman–Crippen LogP) is 2.91. The van der Waals surface area contributed by atoms with Gasteiger partial charge < -0.3 is 10.3 Å². The molecule has 4 rings (SSSR count). The number of aromatic amines is 1. The van der Waals surface area contributed by atoms with Crippen molar-refractivity contribution in [2.75, 3.05) is 6.54 Å². The third-order valence-corrected chi connectivity index (χ3v) is 5.29. The second kappa shape index (κ2) is 5.30. The first-order chi connectivity index (χ1) is 10.4. The van der Waals surface area contributed by atoms with Crippen LogP contribution >= 0.6 is 0 Å². The number of nitrogens with zero attached hydrogens (tertiary/aromatic N) is 1. The van der Waals surface area contributed by atoms with Gasteiger partial charge in [0, 0.05) is 24.9 Å². The summed E-state index contributed by atoms with van der Waals surface area (Å²) in [6, 6.07) is 9.59. The van der Waals surface area contributed by atoms with Crippen molar-refractivity contribution in [2.45, 2.75) is 38.1 Å². The molecule has 4 unspecified atom stereocenters. The summed E-state index contributed by atoms with van der Waals surface area (Å²) >= 11 is 0. The minimum absolute atomic E-state index is 0.544. The van der Waals surface area contributed by atoms with Crippen LogP contribution in [0.3, 0.4) is 0 Å². The average molecular weight is 281 g/mol. The first kappa shape index (κ1) is 13.1. The molecule has 3 heteroatoms. The first-order valence-electron chi connectivity index (χ1n) is 8.18. The van der Waals surface area contributed by atoms with Crippen LogP contribution in [0.5, 0.6) is 0 Å². The van der Waals surface area contributed by atoms with Gasteiger partial charge in [-0.2, -0.15) is 0 Å². The molecule has 4 atom stereocenters. The van der Waals surface area contributed by atoms with E-state index in [1.54, 1.807) is 11.1 Å². The predicted molar refractivity (Wildman–Crippen MR) is 84.2 cm³/mol. The lowest BCUT2D eigenvalue weighted by atomic mass is 9.92. The lowest BCUT2D eigenvalue weighted by molar-refractivity contribution is 0.435. The molecule has 3 nitrogen and oxygen atoms in total.